The average Bonchev–Trinajstić information content (AvgIpc) is 3.06. The van der Waals surface area contributed by atoms with Crippen molar-refractivity contribution in [3.05, 3.63) is 0 Å². The number of rotatable bonds is 27. The van der Waals surface area contributed by atoms with Crippen LogP contribution in [-0.4, -0.2) is 110 Å². The summed E-state index contributed by atoms with van der Waals surface area (Å²) < 4.78 is 0. The quantitative estimate of drug-likeness (QED) is 0.0214. The molecule has 21 heteroatoms. The molecule has 0 aromatic heterocycles. The highest BCUT2D eigenvalue weighted by Crippen LogP contribution is 2.07. The van der Waals surface area contributed by atoms with E-state index < -0.39 is 71.7 Å². The van der Waals surface area contributed by atoms with Gasteiger partial charge in [0.1, 0.15) is 30.2 Å². The molecule has 21 nitrogen and oxygen atoms in total. The Labute approximate surface area is 299 Å². The van der Waals surface area contributed by atoms with Gasteiger partial charge in [-0.05, 0) is 84.7 Å². The molecule has 0 radical (unpaired) electrons. The Balaban J connectivity index is 5.59. The molecule has 0 bridgehead atoms. The maximum atomic E-state index is 13.5. The third-order valence-electron chi connectivity index (χ3n) is 7.65. The zero-order valence-electron chi connectivity index (χ0n) is 29.8. The third kappa shape index (κ3) is 21.1. The Morgan fingerprint density at radius 1 is 0.510 bits per heavy atom. The molecule has 292 valence electrons. The Morgan fingerprint density at radius 3 is 1.35 bits per heavy atom. The van der Waals surface area contributed by atoms with Crippen molar-refractivity contribution in [2.45, 2.75) is 114 Å². The van der Waals surface area contributed by atoms with E-state index in [4.69, 9.17) is 45.2 Å². The van der Waals surface area contributed by atoms with Gasteiger partial charge < -0.3 is 71.6 Å². The number of amides is 6. The van der Waals surface area contributed by atoms with Crippen molar-refractivity contribution in [3.63, 3.8) is 0 Å². The highest BCUT2D eigenvalue weighted by Gasteiger charge is 2.30. The van der Waals surface area contributed by atoms with E-state index in [1.54, 1.807) is 0 Å². The lowest BCUT2D eigenvalue weighted by Gasteiger charge is -2.26. The normalized spacial score (nSPS) is 14.3. The first-order valence-electron chi connectivity index (χ1n) is 17.2. The summed E-state index contributed by atoms with van der Waals surface area (Å²) in [7, 11) is 0. The van der Waals surface area contributed by atoms with Crippen LogP contribution in [0.3, 0.4) is 0 Å². The summed E-state index contributed by atoms with van der Waals surface area (Å²) in [4.78, 5) is 77.2. The third-order valence-corrected chi connectivity index (χ3v) is 7.65. The fourth-order valence-corrected chi connectivity index (χ4v) is 4.65. The second-order valence-corrected chi connectivity index (χ2v) is 12.2. The van der Waals surface area contributed by atoms with Crippen molar-refractivity contribution < 1.29 is 28.8 Å². The van der Waals surface area contributed by atoms with Gasteiger partial charge >= 0.3 is 0 Å². The summed E-state index contributed by atoms with van der Waals surface area (Å²) in [6.45, 7) is 4.08. The number of nitrogens with one attached hydrogen (secondary N) is 9. The van der Waals surface area contributed by atoms with Gasteiger partial charge in [-0.1, -0.05) is 6.42 Å². The van der Waals surface area contributed by atoms with Crippen LogP contribution in [0.15, 0.2) is 0 Å². The highest BCUT2D eigenvalue weighted by atomic mass is 16.2. The van der Waals surface area contributed by atoms with E-state index in [-0.39, 0.29) is 50.7 Å². The summed E-state index contributed by atoms with van der Waals surface area (Å²) in [6.07, 6.45) is 3.92. The lowest BCUT2D eigenvalue weighted by molar-refractivity contribution is -0.134. The van der Waals surface area contributed by atoms with Gasteiger partial charge in [0.15, 0.2) is 11.9 Å². The minimum absolute atomic E-state index is 0.0729. The maximum absolute atomic E-state index is 13.5. The van der Waals surface area contributed by atoms with E-state index in [1.807, 2.05) is 0 Å². The lowest BCUT2D eigenvalue weighted by atomic mass is 10.0. The molecule has 21 N–H and O–H groups in total. The van der Waals surface area contributed by atoms with Crippen molar-refractivity contribution in [2.75, 3.05) is 26.2 Å². The van der Waals surface area contributed by atoms with Crippen LogP contribution in [0.25, 0.3) is 0 Å². The largest absolute Gasteiger partial charge is 0.370 e. The topological polar surface area (TPSA) is 390 Å². The average molecular weight is 728 g/mol. The van der Waals surface area contributed by atoms with Gasteiger partial charge in [0.05, 0.1) is 6.04 Å². The number of guanidine groups is 2. The maximum Gasteiger partial charge on any atom is 0.243 e. The van der Waals surface area contributed by atoms with Crippen LogP contribution in [0.4, 0.5) is 0 Å². The second-order valence-electron chi connectivity index (χ2n) is 12.2. The molecule has 0 aliphatic heterocycles. The second kappa shape index (κ2) is 26.1. The summed E-state index contributed by atoms with van der Waals surface area (Å²) in [5.74, 6) is -4.62. The molecule has 0 fully saturated rings. The number of nitrogens with two attached hydrogens (primary N) is 6. The minimum Gasteiger partial charge on any atom is -0.370 e. The first-order valence-corrected chi connectivity index (χ1v) is 17.2. The van der Waals surface area contributed by atoms with Crippen molar-refractivity contribution in [1.29, 1.82) is 10.8 Å². The van der Waals surface area contributed by atoms with E-state index >= 15 is 0 Å². The fraction of sp³-hybridized carbons (Fsp3) is 0.733. The zero-order valence-corrected chi connectivity index (χ0v) is 29.8. The van der Waals surface area contributed by atoms with Gasteiger partial charge in [-0.3, -0.25) is 39.6 Å². The molecular weight excluding hydrogens is 666 g/mol. The van der Waals surface area contributed by atoms with Crippen molar-refractivity contribution in [1.82, 2.24) is 37.2 Å². The van der Waals surface area contributed by atoms with Crippen LogP contribution in [-0.2, 0) is 28.8 Å². The van der Waals surface area contributed by atoms with Gasteiger partial charge in [-0.25, -0.2) is 0 Å². The van der Waals surface area contributed by atoms with E-state index in [0.29, 0.717) is 51.6 Å². The van der Waals surface area contributed by atoms with Gasteiger partial charge in [0.25, 0.3) is 0 Å². The number of hydrogen-bond donors (Lipinski definition) is 15. The van der Waals surface area contributed by atoms with Crippen LogP contribution in [0.1, 0.15) is 78.1 Å². The Bertz CT molecular complexity index is 1160. The Morgan fingerprint density at radius 2 is 0.882 bits per heavy atom. The molecule has 0 saturated carbocycles. The molecule has 0 aliphatic carbocycles. The number of unbranched alkanes of at least 4 members (excludes halogenated alkanes) is 2. The zero-order chi connectivity index (χ0) is 38.9. The first kappa shape index (κ1) is 46.2. The summed E-state index contributed by atoms with van der Waals surface area (Å²) in [5, 5.41) is 32.5. The number of carbonyl (C=O) groups is 6. The fourth-order valence-electron chi connectivity index (χ4n) is 4.65. The molecule has 0 rings (SSSR count). The number of hydrogen-bond acceptors (Lipinski definition) is 11. The highest BCUT2D eigenvalue weighted by molar-refractivity contribution is 5.96. The SMILES string of the molecule is C[C@H](NC(=O)[C@H](C)NC(=O)[C@H](CCCNC(=N)N)NC(=O)[C@H](CCCCN)NC(=O)[C@@H](N)CCCCN)C(=O)N[C@@H](CCCNC(=N)N)C(N)=O. The summed E-state index contributed by atoms with van der Waals surface area (Å²) in [6, 6.07) is -6.38. The van der Waals surface area contributed by atoms with Crippen molar-refractivity contribution in [3.8, 4) is 0 Å². The van der Waals surface area contributed by atoms with Crippen LogP contribution >= 0.6 is 0 Å². The van der Waals surface area contributed by atoms with Gasteiger partial charge in [0, 0.05) is 13.1 Å². The van der Waals surface area contributed by atoms with E-state index in [9.17, 15) is 28.8 Å². The van der Waals surface area contributed by atoms with Crippen LogP contribution in [0, 0.1) is 10.8 Å². The van der Waals surface area contributed by atoms with E-state index in [0.717, 1.165) is 0 Å². The van der Waals surface area contributed by atoms with E-state index in [2.05, 4.69) is 37.2 Å². The van der Waals surface area contributed by atoms with Gasteiger partial charge in [0.2, 0.25) is 35.4 Å². The lowest BCUT2D eigenvalue weighted by Crippen LogP contribution is -2.58. The van der Waals surface area contributed by atoms with Gasteiger partial charge in [-0.15, -0.1) is 0 Å². The predicted molar refractivity (Wildman–Crippen MR) is 192 cm³/mol. The molecule has 0 aliphatic rings. The first-order chi connectivity index (χ1) is 24.0. The molecule has 0 unspecified atom stereocenters. The number of carbonyl (C=O) groups excluding carboxylic acids is 6. The Hall–Kier alpha value is -4.76. The van der Waals surface area contributed by atoms with Crippen LogP contribution < -0.4 is 71.6 Å². The molecule has 0 spiro atoms. The van der Waals surface area contributed by atoms with Crippen molar-refractivity contribution >= 4 is 47.4 Å². The molecule has 51 heavy (non-hydrogen) atoms. The standard InChI is InChI=1S/C30H61N15O6/c1-17(24(47)41-18(2)25(48)43-20(23(34)46)11-7-15-39-29(35)36)42-27(50)22(12-8-16-40-30(37)38)45-28(51)21(10-4-6-14-32)44-26(49)19(33)9-3-5-13-31/h17-22H,3-16,31-33H2,1-2H3,(H2,34,46)(H,41,47)(H,42,50)(H,43,48)(H,44,49)(H,45,51)(H4,35,36,39)(H4,37,38,40)/t17-,18-,19-,20-,21-,22-/m0/s1. The molecule has 6 atom stereocenters. The van der Waals surface area contributed by atoms with E-state index in [1.165, 1.54) is 13.8 Å². The molecule has 0 aromatic carbocycles. The summed E-state index contributed by atoms with van der Waals surface area (Å²) in [5.41, 5.74) is 33.1. The number of primary amides is 1. The van der Waals surface area contributed by atoms with Crippen LogP contribution in [0.2, 0.25) is 0 Å². The molecule has 0 heterocycles. The van der Waals surface area contributed by atoms with Gasteiger partial charge in [-0.2, -0.15) is 0 Å². The predicted octanol–water partition coefficient (Wildman–Crippen LogP) is -4.95. The molecular formula is C30H61N15O6. The minimum atomic E-state index is -1.17. The summed E-state index contributed by atoms with van der Waals surface area (Å²) >= 11 is 0. The smallest absolute Gasteiger partial charge is 0.243 e. The monoisotopic (exact) mass is 727 g/mol. The molecule has 6 amide bonds. The Kier molecular flexibility index (Phi) is 23.7. The van der Waals surface area contributed by atoms with Crippen molar-refractivity contribution in [2.24, 2.45) is 34.4 Å². The molecule has 0 aromatic rings. The molecule has 0 saturated heterocycles. The van der Waals surface area contributed by atoms with Crippen LogP contribution in [0.5, 0.6) is 0 Å².